The molecule has 0 radical (unpaired) electrons. The van der Waals surface area contributed by atoms with Gasteiger partial charge in [0.1, 0.15) is 46.7 Å². The predicted octanol–water partition coefficient (Wildman–Crippen LogP) is 3.98. The van der Waals surface area contributed by atoms with Crippen LogP contribution in [-0.2, 0) is 11.2 Å². The van der Waals surface area contributed by atoms with Crippen LogP contribution in [0.25, 0.3) is 0 Å². The van der Waals surface area contributed by atoms with Crippen LogP contribution in [0.5, 0.6) is 74.7 Å². The van der Waals surface area contributed by atoms with E-state index in [1.54, 1.807) is 0 Å². The molecule has 12 N–H and O–H groups in total. The molecule has 0 amide bonds. The minimum Gasteiger partial charge on any atom is -0.508 e. The Kier molecular flexibility index (Phi) is 8.18. The van der Waals surface area contributed by atoms with Crippen LogP contribution >= 0.6 is 0 Å². The number of benzene rings is 5. The molecular formula is C37H30O16. The monoisotopic (exact) mass is 730 g/mol. The van der Waals surface area contributed by atoms with Crippen molar-refractivity contribution in [1.82, 2.24) is 0 Å². The van der Waals surface area contributed by atoms with Gasteiger partial charge in [0.05, 0.1) is 11.5 Å². The van der Waals surface area contributed by atoms with Crippen LogP contribution in [0, 0.1) is 0 Å². The standard InChI is InChI=1S/C37H30O16/c38-16-9-23(44)29-27(10-16)51-35(14-2-4-19(40)22(43)6-14)33(49)31(29)30-24(45)12-20(41)17-11-28(52-37(50)15-7-25(46)32(48)26(47)8-15)34(53-36(17)30)13-1-3-18(39)21(42)5-13/h1-10,12,28,31,33-35,38-49H,11H2/t28-,31-,33-,34+,35-/m0/s1. The summed E-state index contributed by atoms with van der Waals surface area (Å²) in [5, 5.41) is 126. The molecule has 0 bridgehead atoms. The second kappa shape index (κ2) is 12.6. The first-order valence-electron chi connectivity index (χ1n) is 15.8. The second-order valence-electron chi connectivity index (χ2n) is 12.6. The smallest absolute Gasteiger partial charge is 0.338 e. The van der Waals surface area contributed by atoms with Crippen molar-refractivity contribution in [3.63, 3.8) is 0 Å². The summed E-state index contributed by atoms with van der Waals surface area (Å²) in [6.45, 7) is 0. The van der Waals surface area contributed by atoms with E-state index in [1.807, 2.05) is 0 Å². The Bertz CT molecular complexity index is 2280. The van der Waals surface area contributed by atoms with Crippen LogP contribution in [0.2, 0.25) is 0 Å². The van der Waals surface area contributed by atoms with Gasteiger partial charge in [0.25, 0.3) is 0 Å². The Morgan fingerprint density at radius 2 is 1.17 bits per heavy atom. The quantitative estimate of drug-likeness (QED) is 0.0899. The summed E-state index contributed by atoms with van der Waals surface area (Å²) >= 11 is 0. The minimum atomic E-state index is -1.72. The summed E-state index contributed by atoms with van der Waals surface area (Å²) in [5.74, 6) is -9.84. The first kappa shape index (κ1) is 34.4. The number of aliphatic hydroxyl groups excluding tert-OH is 1. The lowest BCUT2D eigenvalue weighted by Gasteiger charge is -2.40. The van der Waals surface area contributed by atoms with Crippen molar-refractivity contribution in [2.75, 3.05) is 0 Å². The predicted molar refractivity (Wildman–Crippen MR) is 178 cm³/mol. The van der Waals surface area contributed by atoms with Gasteiger partial charge < -0.3 is 75.5 Å². The number of esters is 1. The lowest BCUT2D eigenvalue weighted by molar-refractivity contribution is -0.0210. The first-order chi connectivity index (χ1) is 25.1. The maximum Gasteiger partial charge on any atom is 0.338 e. The summed E-state index contributed by atoms with van der Waals surface area (Å²) in [7, 11) is 0. The Morgan fingerprint density at radius 3 is 1.77 bits per heavy atom. The number of aromatic hydroxyl groups is 11. The van der Waals surface area contributed by atoms with Gasteiger partial charge in [-0.05, 0) is 42.0 Å². The fourth-order valence-electron chi connectivity index (χ4n) is 6.72. The summed E-state index contributed by atoms with van der Waals surface area (Å²) in [6, 6.07) is 11.9. The number of phenols is 11. The molecule has 274 valence electrons. The van der Waals surface area contributed by atoms with Gasteiger partial charge in [0, 0.05) is 46.9 Å². The topological polar surface area (TPSA) is 288 Å². The summed E-state index contributed by atoms with van der Waals surface area (Å²) in [4.78, 5) is 13.4. The van der Waals surface area contributed by atoms with Gasteiger partial charge in [-0.25, -0.2) is 4.79 Å². The Labute approximate surface area is 297 Å². The van der Waals surface area contributed by atoms with Gasteiger partial charge >= 0.3 is 5.97 Å². The highest BCUT2D eigenvalue weighted by Crippen LogP contribution is 2.57. The number of phenolic OH excluding ortho intramolecular Hbond substituents is 11. The number of fused-ring (bicyclic) bond motifs is 2. The third kappa shape index (κ3) is 5.85. The van der Waals surface area contributed by atoms with Crippen LogP contribution in [0.3, 0.4) is 0 Å². The van der Waals surface area contributed by atoms with E-state index in [2.05, 4.69) is 0 Å². The number of carbonyl (C=O) groups excluding carboxylic acids is 1. The molecule has 16 heteroatoms. The van der Waals surface area contributed by atoms with E-state index in [4.69, 9.17) is 14.2 Å². The molecule has 5 aromatic rings. The van der Waals surface area contributed by atoms with Crippen molar-refractivity contribution in [1.29, 1.82) is 0 Å². The van der Waals surface area contributed by atoms with Gasteiger partial charge in [-0.3, -0.25) is 0 Å². The van der Waals surface area contributed by atoms with E-state index in [9.17, 15) is 66.1 Å². The lowest BCUT2D eigenvalue weighted by Crippen LogP contribution is -2.38. The summed E-state index contributed by atoms with van der Waals surface area (Å²) in [5.41, 5.74) is -0.556. The van der Waals surface area contributed by atoms with Crippen molar-refractivity contribution >= 4 is 5.97 Å². The van der Waals surface area contributed by atoms with Crippen LogP contribution in [0.15, 0.2) is 66.7 Å². The molecule has 0 aromatic heterocycles. The zero-order chi connectivity index (χ0) is 38.0. The zero-order valence-electron chi connectivity index (χ0n) is 26.9. The van der Waals surface area contributed by atoms with Gasteiger partial charge in [-0.2, -0.15) is 0 Å². The Morgan fingerprint density at radius 1 is 0.585 bits per heavy atom. The van der Waals surface area contributed by atoms with Crippen LogP contribution in [-0.4, -0.2) is 79.5 Å². The molecule has 7 rings (SSSR count). The third-order valence-electron chi connectivity index (χ3n) is 9.22. The molecule has 53 heavy (non-hydrogen) atoms. The van der Waals surface area contributed by atoms with E-state index < -0.39 is 105 Å². The van der Waals surface area contributed by atoms with E-state index in [-0.39, 0.29) is 45.7 Å². The van der Waals surface area contributed by atoms with Crippen molar-refractivity contribution in [3.8, 4) is 74.7 Å². The SMILES string of the molecule is O=C(O[C@H]1Cc2c(O)cc(O)c([C@@H]3c4c(O)cc(O)cc4O[C@@H](c4ccc(O)c(O)c4)[C@H]3O)c2O[C@@H]1c1ccc(O)c(O)c1)c1cc(O)c(O)c(O)c1. The maximum absolute atomic E-state index is 13.4. The fraction of sp³-hybridized carbons (Fsp3) is 0.162. The first-order valence-corrected chi connectivity index (χ1v) is 15.8. The number of ether oxygens (including phenoxy) is 3. The average molecular weight is 731 g/mol. The molecule has 0 saturated heterocycles. The molecule has 0 unspecified atom stereocenters. The van der Waals surface area contributed by atoms with Crippen molar-refractivity contribution in [2.24, 2.45) is 0 Å². The minimum absolute atomic E-state index is 0.0661. The largest absolute Gasteiger partial charge is 0.508 e. The van der Waals surface area contributed by atoms with Gasteiger partial charge in [0.2, 0.25) is 0 Å². The highest BCUT2D eigenvalue weighted by molar-refractivity contribution is 5.91. The maximum atomic E-state index is 13.4. The van der Waals surface area contributed by atoms with Crippen molar-refractivity contribution in [2.45, 2.75) is 36.8 Å². The van der Waals surface area contributed by atoms with Crippen LogP contribution in [0.4, 0.5) is 0 Å². The number of rotatable bonds is 5. The number of carbonyl (C=O) groups is 1. The van der Waals surface area contributed by atoms with Crippen molar-refractivity contribution < 1.29 is 80.3 Å². The molecule has 5 atom stereocenters. The Balaban J connectivity index is 1.39. The molecule has 0 aliphatic carbocycles. The number of hydrogen-bond acceptors (Lipinski definition) is 16. The molecule has 0 saturated carbocycles. The van der Waals surface area contributed by atoms with E-state index in [1.165, 1.54) is 12.1 Å². The highest BCUT2D eigenvalue weighted by Gasteiger charge is 2.47. The van der Waals surface area contributed by atoms with Gasteiger partial charge in [0.15, 0.2) is 52.5 Å². The van der Waals surface area contributed by atoms with Gasteiger partial charge in [-0.1, -0.05) is 12.1 Å². The van der Waals surface area contributed by atoms with E-state index >= 15 is 0 Å². The van der Waals surface area contributed by atoms with E-state index in [0.29, 0.717) is 0 Å². The van der Waals surface area contributed by atoms with Crippen LogP contribution in [0.1, 0.15) is 56.3 Å². The van der Waals surface area contributed by atoms with Gasteiger partial charge in [-0.15, -0.1) is 0 Å². The third-order valence-corrected chi connectivity index (χ3v) is 9.22. The van der Waals surface area contributed by atoms with E-state index in [0.717, 1.165) is 54.6 Å². The molecule has 2 aliphatic heterocycles. The highest BCUT2D eigenvalue weighted by atomic mass is 16.6. The fourth-order valence-corrected chi connectivity index (χ4v) is 6.72. The van der Waals surface area contributed by atoms with Crippen LogP contribution < -0.4 is 9.47 Å². The molecular weight excluding hydrogens is 700 g/mol. The second-order valence-corrected chi connectivity index (χ2v) is 12.6. The molecule has 16 nitrogen and oxygen atoms in total. The molecule has 0 fully saturated rings. The Hall–Kier alpha value is -7.07. The molecule has 0 spiro atoms. The average Bonchev–Trinajstić information content (AvgIpc) is 3.10. The molecule has 2 aliphatic rings. The normalized spacial score (nSPS) is 20.4. The van der Waals surface area contributed by atoms with Crippen molar-refractivity contribution in [3.05, 3.63) is 100 Å². The lowest BCUT2D eigenvalue weighted by atomic mass is 9.77. The zero-order valence-corrected chi connectivity index (χ0v) is 26.9. The molecule has 5 aromatic carbocycles. The summed E-state index contributed by atoms with van der Waals surface area (Å²) in [6.07, 6.45) is -6.22. The number of aliphatic hydroxyl groups is 1. The molecule has 2 heterocycles. The summed E-state index contributed by atoms with van der Waals surface area (Å²) < 4.78 is 18.1. The number of hydrogen-bond donors (Lipinski definition) is 12.